The second-order valence-corrected chi connectivity index (χ2v) is 5.32. The van der Waals surface area contributed by atoms with E-state index in [9.17, 15) is 0 Å². The maximum Gasteiger partial charge on any atom is 0.246 e. The van der Waals surface area contributed by atoms with E-state index in [1.165, 1.54) is 0 Å². The normalized spacial score (nSPS) is 21.6. The Morgan fingerprint density at radius 3 is 2.85 bits per heavy atom. The molecule has 1 fully saturated rings. The first-order valence-corrected chi connectivity index (χ1v) is 6.69. The third kappa shape index (κ3) is 2.62. The van der Waals surface area contributed by atoms with Crippen LogP contribution in [0, 0.1) is 6.92 Å². The summed E-state index contributed by atoms with van der Waals surface area (Å²) in [6.07, 6.45) is 3.61. The van der Waals surface area contributed by atoms with Gasteiger partial charge in [-0.1, -0.05) is 5.16 Å². The minimum atomic E-state index is 0.317. The van der Waals surface area contributed by atoms with Gasteiger partial charge in [-0.05, 0) is 19.8 Å². The van der Waals surface area contributed by atoms with Crippen molar-refractivity contribution < 1.29 is 4.52 Å². The van der Waals surface area contributed by atoms with Gasteiger partial charge in [-0.25, -0.2) is 9.97 Å². The lowest BCUT2D eigenvalue weighted by atomic mass is 9.78. The van der Waals surface area contributed by atoms with Gasteiger partial charge in [-0.2, -0.15) is 4.98 Å². The highest BCUT2D eigenvalue weighted by Gasteiger charge is 2.28. The van der Waals surface area contributed by atoms with Crippen LogP contribution >= 0.6 is 0 Å². The van der Waals surface area contributed by atoms with Crippen LogP contribution in [0.3, 0.4) is 0 Å². The van der Waals surface area contributed by atoms with Crippen LogP contribution in [0.5, 0.6) is 0 Å². The van der Waals surface area contributed by atoms with Crippen molar-refractivity contribution in [2.75, 3.05) is 11.9 Å². The number of rotatable bonds is 4. The average Bonchev–Trinajstić information content (AvgIpc) is 2.80. The maximum absolute atomic E-state index is 5.83. The van der Waals surface area contributed by atoms with Crippen molar-refractivity contribution in [3.8, 4) is 0 Å². The van der Waals surface area contributed by atoms with Crippen molar-refractivity contribution in [2.45, 2.75) is 38.3 Å². The third-order valence-corrected chi connectivity index (χ3v) is 3.60. The molecule has 1 aliphatic carbocycles. The van der Waals surface area contributed by atoms with Crippen LogP contribution in [0.2, 0.25) is 0 Å². The lowest BCUT2D eigenvalue weighted by Crippen LogP contribution is -2.35. The fourth-order valence-corrected chi connectivity index (χ4v) is 2.39. The van der Waals surface area contributed by atoms with Crippen molar-refractivity contribution in [3.63, 3.8) is 0 Å². The topological polar surface area (TPSA) is 94.0 Å². The highest BCUT2D eigenvalue weighted by molar-refractivity contribution is 5.39. The Labute approximate surface area is 117 Å². The number of anilines is 1. The van der Waals surface area contributed by atoms with E-state index in [2.05, 4.69) is 20.1 Å². The van der Waals surface area contributed by atoms with Crippen molar-refractivity contribution in [1.82, 2.24) is 20.1 Å². The van der Waals surface area contributed by atoms with Crippen LogP contribution in [-0.4, -0.2) is 33.2 Å². The van der Waals surface area contributed by atoms with Gasteiger partial charge in [0.1, 0.15) is 12.1 Å². The lowest BCUT2D eigenvalue weighted by Gasteiger charge is -2.32. The quantitative estimate of drug-likeness (QED) is 0.889. The molecule has 0 bridgehead atoms. The molecule has 0 atom stereocenters. The molecule has 106 valence electrons. The summed E-state index contributed by atoms with van der Waals surface area (Å²) in [5, 5.41) is 3.78. The Balaban J connectivity index is 1.71. The summed E-state index contributed by atoms with van der Waals surface area (Å²) < 4.78 is 5.12. The van der Waals surface area contributed by atoms with Crippen LogP contribution in [0.25, 0.3) is 0 Å². The summed E-state index contributed by atoms with van der Waals surface area (Å²) in [7, 11) is 1.94. The maximum atomic E-state index is 5.83. The van der Waals surface area contributed by atoms with Crippen LogP contribution in [0.4, 0.5) is 5.82 Å². The van der Waals surface area contributed by atoms with E-state index in [1.54, 1.807) is 13.3 Å². The Morgan fingerprint density at radius 2 is 2.20 bits per heavy atom. The zero-order valence-corrected chi connectivity index (χ0v) is 11.7. The molecule has 2 aromatic heterocycles. The molecule has 1 aliphatic rings. The van der Waals surface area contributed by atoms with Crippen LogP contribution < -0.4 is 10.6 Å². The van der Waals surface area contributed by atoms with Gasteiger partial charge in [0.05, 0.1) is 6.54 Å². The molecule has 1 saturated carbocycles. The lowest BCUT2D eigenvalue weighted by molar-refractivity contribution is 0.345. The van der Waals surface area contributed by atoms with Crippen molar-refractivity contribution >= 4 is 5.82 Å². The molecule has 3 rings (SSSR count). The third-order valence-electron chi connectivity index (χ3n) is 3.60. The zero-order valence-electron chi connectivity index (χ0n) is 11.7. The molecule has 2 N–H and O–H groups in total. The SMILES string of the molecule is Cc1noc(CN(C)c2cc(C3CC(N)C3)ncn2)n1. The highest BCUT2D eigenvalue weighted by atomic mass is 16.5. The summed E-state index contributed by atoms with van der Waals surface area (Å²) in [4.78, 5) is 14.8. The highest BCUT2D eigenvalue weighted by Crippen LogP contribution is 2.35. The monoisotopic (exact) mass is 274 g/mol. The second-order valence-electron chi connectivity index (χ2n) is 5.32. The zero-order chi connectivity index (χ0) is 14.1. The van der Waals surface area contributed by atoms with E-state index in [-0.39, 0.29) is 0 Å². The Hall–Kier alpha value is -2.02. The van der Waals surface area contributed by atoms with Gasteiger partial charge in [0.25, 0.3) is 0 Å². The van der Waals surface area contributed by atoms with Gasteiger partial charge in [-0.3, -0.25) is 0 Å². The molecule has 2 heterocycles. The number of hydrogen-bond donors (Lipinski definition) is 1. The first-order chi connectivity index (χ1) is 9.61. The summed E-state index contributed by atoms with van der Waals surface area (Å²) in [6, 6.07) is 2.33. The second kappa shape index (κ2) is 5.16. The minimum Gasteiger partial charge on any atom is -0.350 e. The molecular weight excluding hydrogens is 256 g/mol. The number of aryl methyl sites for hydroxylation is 1. The summed E-state index contributed by atoms with van der Waals surface area (Å²) >= 11 is 0. The molecule has 0 aromatic carbocycles. The fraction of sp³-hybridized carbons (Fsp3) is 0.538. The van der Waals surface area contributed by atoms with Gasteiger partial charge < -0.3 is 15.2 Å². The molecule has 0 saturated heterocycles. The number of nitrogens with zero attached hydrogens (tertiary/aromatic N) is 5. The molecule has 0 unspecified atom stereocenters. The smallest absolute Gasteiger partial charge is 0.246 e. The van der Waals surface area contributed by atoms with E-state index in [0.717, 1.165) is 24.4 Å². The standard InChI is InChI=1S/C13H18N6O/c1-8-17-13(20-18-8)6-19(2)12-5-11(15-7-16-12)9-3-10(14)4-9/h5,7,9-10H,3-4,6,14H2,1-2H3. The van der Waals surface area contributed by atoms with Gasteiger partial charge >= 0.3 is 0 Å². The molecular formula is C13H18N6O. The van der Waals surface area contributed by atoms with Gasteiger partial charge in [0.15, 0.2) is 5.82 Å². The molecule has 7 heteroatoms. The van der Waals surface area contributed by atoms with E-state index in [4.69, 9.17) is 10.3 Å². The number of aromatic nitrogens is 4. The van der Waals surface area contributed by atoms with E-state index >= 15 is 0 Å². The van der Waals surface area contributed by atoms with Gasteiger partial charge in [-0.15, -0.1) is 0 Å². The van der Waals surface area contributed by atoms with Crippen molar-refractivity contribution in [1.29, 1.82) is 0 Å². The summed E-state index contributed by atoms with van der Waals surface area (Å²) in [5.41, 5.74) is 6.89. The minimum absolute atomic E-state index is 0.317. The first kappa shape index (κ1) is 13.0. The molecule has 2 aromatic rings. The van der Waals surface area contributed by atoms with E-state index in [0.29, 0.717) is 30.2 Å². The molecule has 7 nitrogen and oxygen atoms in total. The Kier molecular flexibility index (Phi) is 3.35. The first-order valence-electron chi connectivity index (χ1n) is 6.69. The van der Waals surface area contributed by atoms with E-state index in [1.807, 2.05) is 18.0 Å². The number of hydrogen-bond acceptors (Lipinski definition) is 7. The van der Waals surface area contributed by atoms with Crippen LogP contribution in [-0.2, 0) is 6.54 Å². The Bertz CT molecular complexity index is 592. The van der Waals surface area contributed by atoms with E-state index < -0.39 is 0 Å². The molecule has 0 radical (unpaired) electrons. The van der Waals surface area contributed by atoms with Gasteiger partial charge in [0, 0.05) is 30.8 Å². The Morgan fingerprint density at radius 1 is 1.40 bits per heavy atom. The fourth-order valence-electron chi connectivity index (χ4n) is 2.39. The molecule has 0 spiro atoms. The van der Waals surface area contributed by atoms with Crippen molar-refractivity contribution in [3.05, 3.63) is 29.8 Å². The predicted molar refractivity (Wildman–Crippen MR) is 73.1 cm³/mol. The summed E-state index contributed by atoms with van der Waals surface area (Å²) in [5.74, 6) is 2.54. The van der Waals surface area contributed by atoms with Crippen LogP contribution in [0.15, 0.2) is 16.9 Å². The summed E-state index contributed by atoms with van der Waals surface area (Å²) in [6.45, 7) is 2.33. The average molecular weight is 274 g/mol. The number of nitrogens with two attached hydrogens (primary N) is 1. The molecule has 20 heavy (non-hydrogen) atoms. The predicted octanol–water partition coefficient (Wildman–Crippen LogP) is 1.01. The van der Waals surface area contributed by atoms with Crippen LogP contribution in [0.1, 0.15) is 36.2 Å². The van der Waals surface area contributed by atoms with Gasteiger partial charge in [0.2, 0.25) is 5.89 Å². The molecule has 0 aliphatic heterocycles. The molecule has 0 amide bonds. The largest absolute Gasteiger partial charge is 0.350 e. The van der Waals surface area contributed by atoms with Crippen molar-refractivity contribution in [2.24, 2.45) is 5.73 Å².